The molecule has 0 aliphatic carbocycles. The van der Waals surface area contributed by atoms with Gasteiger partial charge in [0, 0.05) is 36.3 Å². The van der Waals surface area contributed by atoms with Crippen LogP contribution in [0.4, 0.5) is 0 Å². The molecule has 3 heterocycles. The van der Waals surface area contributed by atoms with E-state index in [4.69, 9.17) is 9.47 Å². The minimum absolute atomic E-state index is 0.168. The summed E-state index contributed by atoms with van der Waals surface area (Å²) in [6, 6.07) is 12.8. The molecule has 0 atom stereocenters. The van der Waals surface area contributed by atoms with Gasteiger partial charge in [-0.05, 0) is 48.0 Å². The zero-order valence-electron chi connectivity index (χ0n) is 13.3. The summed E-state index contributed by atoms with van der Waals surface area (Å²) in [6.07, 6.45) is 5.21. The van der Waals surface area contributed by atoms with Crippen molar-refractivity contribution in [1.29, 1.82) is 0 Å². The van der Waals surface area contributed by atoms with E-state index in [2.05, 4.69) is 15.3 Å². The molecule has 0 radical (unpaired) electrons. The van der Waals surface area contributed by atoms with Gasteiger partial charge in [0.25, 0.3) is 5.91 Å². The highest BCUT2D eigenvalue weighted by Crippen LogP contribution is 2.32. The predicted molar refractivity (Wildman–Crippen MR) is 91.2 cm³/mol. The number of nitrogens with zero attached hydrogens (tertiary/aromatic N) is 2. The van der Waals surface area contributed by atoms with E-state index in [1.165, 1.54) is 0 Å². The summed E-state index contributed by atoms with van der Waals surface area (Å²) in [6.45, 7) is 0.595. The highest BCUT2D eigenvalue weighted by molar-refractivity contribution is 5.94. The van der Waals surface area contributed by atoms with Gasteiger partial charge in [-0.3, -0.25) is 14.8 Å². The first-order valence-electron chi connectivity index (χ1n) is 7.83. The fourth-order valence-electron chi connectivity index (χ4n) is 2.58. The fourth-order valence-corrected chi connectivity index (χ4v) is 2.58. The van der Waals surface area contributed by atoms with Crippen LogP contribution in [-0.4, -0.2) is 22.7 Å². The standard InChI is InChI=1S/C19H15N3O3/c23-19(14-3-4-17-18(9-14)25-12-24-17)22-10-13-5-7-21-16(8-13)15-2-1-6-20-11-15/h1-9,11H,10,12H2,(H,22,23). The largest absolute Gasteiger partial charge is 0.454 e. The molecule has 6 nitrogen and oxygen atoms in total. The van der Waals surface area contributed by atoms with Crippen molar-refractivity contribution in [1.82, 2.24) is 15.3 Å². The summed E-state index contributed by atoms with van der Waals surface area (Å²) in [5.74, 6) is 1.08. The topological polar surface area (TPSA) is 73.3 Å². The van der Waals surface area contributed by atoms with Gasteiger partial charge in [0.15, 0.2) is 11.5 Å². The average molecular weight is 333 g/mol. The molecular weight excluding hydrogens is 318 g/mol. The second-order valence-electron chi connectivity index (χ2n) is 5.54. The summed E-state index contributed by atoms with van der Waals surface area (Å²) in [7, 11) is 0. The van der Waals surface area contributed by atoms with E-state index in [0.29, 0.717) is 23.6 Å². The van der Waals surface area contributed by atoms with Crippen molar-refractivity contribution in [3.8, 4) is 22.8 Å². The number of hydrogen-bond donors (Lipinski definition) is 1. The molecule has 1 N–H and O–H groups in total. The minimum atomic E-state index is -0.168. The average Bonchev–Trinajstić information content (AvgIpc) is 3.15. The van der Waals surface area contributed by atoms with Crippen LogP contribution in [0.2, 0.25) is 0 Å². The van der Waals surface area contributed by atoms with Gasteiger partial charge in [0.05, 0.1) is 5.69 Å². The van der Waals surface area contributed by atoms with Gasteiger partial charge in [0.2, 0.25) is 6.79 Å². The van der Waals surface area contributed by atoms with Crippen molar-refractivity contribution >= 4 is 5.91 Å². The SMILES string of the molecule is O=C(NCc1ccnc(-c2cccnc2)c1)c1ccc2c(c1)OCO2. The molecule has 124 valence electrons. The molecule has 0 spiro atoms. The van der Waals surface area contributed by atoms with Crippen LogP contribution in [0.3, 0.4) is 0 Å². The van der Waals surface area contributed by atoms with Crippen LogP contribution in [-0.2, 0) is 6.54 Å². The van der Waals surface area contributed by atoms with Crippen molar-refractivity contribution in [3.05, 3.63) is 72.2 Å². The molecule has 4 rings (SSSR count). The molecule has 3 aromatic rings. The van der Waals surface area contributed by atoms with E-state index in [0.717, 1.165) is 16.8 Å². The van der Waals surface area contributed by atoms with Crippen molar-refractivity contribution in [2.24, 2.45) is 0 Å². The number of hydrogen-bond acceptors (Lipinski definition) is 5. The molecule has 1 amide bonds. The molecule has 2 aromatic heterocycles. The van der Waals surface area contributed by atoms with Crippen LogP contribution in [0.15, 0.2) is 61.1 Å². The lowest BCUT2D eigenvalue weighted by Gasteiger charge is -2.07. The smallest absolute Gasteiger partial charge is 0.251 e. The van der Waals surface area contributed by atoms with Gasteiger partial charge >= 0.3 is 0 Å². The number of nitrogens with one attached hydrogen (secondary N) is 1. The van der Waals surface area contributed by atoms with E-state index in [1.807, 2.05) is 24.3 Å². The van der Waals surface area contributed by atoms with E-state index in [-0.39, 0.29) is 12.7 Å². The van der Waals surface area contributed by atoms with Crippen LogP contribution in [0.25, 0.3) is 11.3 Å². The van der Waals surface area contributed by atoms with E-state index in [1.54, 1.807) is 36.8 Å². The molecule has 0 saturated heterocycles. The predicted octanol–water partition coefficient (Wildman–Crippen LogP) is 2.80. The Bertz CT molecular complexity index is 913. The molecule has 25 heavy (non-hydrogen) atoms. The molecular formula is C19H15N3O3. The first kappa shape index (κ1) is 15.1. The highest BCUT2D eigenvalue weighted by Gasteiger charge is 2.16. The van der Waals surface area contributed by atoms with Crippen LogP contribution >= 0.6 is 0 Å². The lowest BCUT2D eigenvalue weighted by atomic mass is 10.1. The Morgan fingerprint density at radius 1 is 1.08 bits per heavy atom. The quantitative estimate of drug-likeness (QED) is 0.795. The van der Waals surface area contributed by atoms with E-state index >= 15 is 0 Å². The maximum Gasteiger partial charge on any atom is 0.251 e. The van der Waals surface area contributed by atoms with Crippen LogP contribution in [0, 0.1) is 0 Å². The summed E-state index contributed by atoms with van der Waals surface area (Å²) in [5, 5.41) is 2.91. The lowest BCUT2D eigenvalue weighted by molar-refractivity contribution is 0.0950. The monoisotopic (exact) mass is 333 g/mol. The van der Waals surface area contributed by atoms with Crippen LogP contribution < -0.4 is 14.8 Å². The number of fused-ring (bicyclic) bond motifs is 1. The van der Waals surface area contributed by atoms with Crippen molar-refractivity contribution in [2.45, 2.75) is 6.54 Å². The number of aromatic nitrogens is 2. The first-order chi connectivity index (χ1) is 12.3. The number of amides is 1. The second-order valence-corrected chi connectivity index (χ2v) is 5.54. The van der Waals surface area contributed by atoms with Crippen molar-refractivity contribution in [2.75, 3.05) is 6.79 Å². The van der Waals surface area contributed by atoms with Gasteiger partial charge < -0.3 is 14.8 Å². The van der Waals surface area contributed by atoms with Gasteiger partial charge in [-0.2, -0.15) is 0 Å². The van der Waals surface area contributed by atoms with Gasteiger partial charge in [0.1, 0.15) is 0 Å². The van der Waals surface area contributed by atoms with Crippen molar-refractivity contribution in [3.63, 3.8) is 0 Å². The second kappa shape index (κ2) is 6.60. The zero-order chi connectivity index (χ0) is 17.1. The number of carbonyl (C=O) groups excluding carboxylic acids is 1. The maximum atomic E-state index is 12.3. The zero-order valence-corrected chi connectivity index (χ0v) is 13.3. The van der Waals surface area contributed by atoms with Gasteiger partial charge in [-0.15, -0.1) is 0 Å². The number of pyridine rings is 2. The number of ether oxygens (including phenoxy) is 2. The third-order valence-electron chi connectivity index (χ3n) is 3.87. The molecule has 1 aromatic carbocycles. The summed E-state index contributed by atoms with van der Waals surface area (Å²) < 4.78 is 10.6. The molecule has 0 bridgehead atoms. The Morgan fingerprint density at radius 3 is 2.88 bits per heavy atom. The summed E-state index contributed by atoms with van der Waals surface area (Å²) in [4.78, 5) is 20.8. The normalized spacial score (nSPS) is 12.0. The Balaban J connectivity index is 1.45. The van der Waals surface area contributed by atoms with E-state index in [9.17, 15) is 4.79 Å². The molecule has 0 saturated carbocycles. The minimum Gasteiger partial charge on any atom is -0.454 e. The Hall–Kier alpha value is -3.41. The summed E-state index contributed by atoms with van der Waals surface area (Å²) in [5.41, 5.74) is 3.25. The Morgan fingerprint density at radius 2 is 2.00 bits per heavy atom. The number of benzene rings is 1. The van der Waals surface area contributed by atoms with Gasteiger partial charge in [-0.25, -0.2) is 0 Å². The molecule has 0 unspecified atom stereocenters. The third-order valence-corrected chi connectivity index (χ3v) is 3.87. The highest BCUT2D eigenvalue weighted by atomic mass is 16.7. The third kappa shape index (κ3) is 3.28. The summed E-state index contributed by atoms with van der Waals surface area (Å²) >= 11 is 0. The molecule has 6 heteroatoms. The number of carbonyl (C=O) groups is 1. The van der Waals surface area contributed by atoms with Crippen molar-refractivity contribution < 1.29 is 14.3 Å². The number of rotatable bonds is 4. The van der Waals surface area contributed by atoms with E-state index < -0.39 is 0 Å². The Kier molecular flexibility index (Phi) is 4.00. The fraction of sp³-hybridized carbons (Fsp3) is 0.105. The molecule has 1 aliphatic rings. The molecule has 0 fully saturated rings. The lowest BCUT2D eigenvalue weighted by Crippen LogP contribution is -2.22. The van der Waals surface area contributed by atoms with Crippen LogP contribution in [0.5, 0.6) is 11.5 Å². The van der Waals surface area contributed by atoms with Gasteiger partial charge in [-0.1, -0.05) is 0 Å². The molecule has 1 aliphatic heterocycles. The van der Waals surface area contributed by atoms with Crippen LogP contribution in [0.1, 0.15) is 15.9 Å². The maximum absolute atomic E-state index is 12.3. The Labute approximate surface area is 144 Å². The first-order valence-corrected chi connectivity index (χ1v) is 7.83.